The predicted octanol–water partition coefficient (Wildman–Crippen LogP) is 4.10. The summed E-state index contributed by atoms with van der Waals surface area (Å²) in [7, 11) is 0. The maximum Gasteiger partial charge on any atom is 0.418 e. The first-order chi connectivity index (χ1) is 17.3. The van der Waals surface area contributed by atoms with Crippen molar-refractivity contribution in [1.82, 2.24) is 25.1 Å². The molecule has 36 heavy (non-hydrogen) atoms. The van der Waals surface area contributed by atoms with Crippen LogP contribution in [0.15, 0.2) is 41.1 Å². The van der Waals surface area contributed by atoms with E-state index < -0.39 is 36.4 Å². The first kappa shape index (κ1) is 25.1. The van der Waals surface area contributed by atoms with Gasteiger partial charge in [-0.05, 0) is 44.4 Å². The molecule has 0 unspecified atom stereocenters. The fraction of sp³-hybridized carbons (Fsp3) is 0.391. The summed E-state index contributed by atoms with van der Waals surface area (Å²) in [4.78, 5) is 36.8. The number of alkyl halides is 2. The number of carbonyl (C=O) groups is 2. The van der Waals surface area contributed by atoms with Crippen LogP contribution in [-0.4, -0.2) is 56.8 Å². The van der Waals surface area contributed by atoms with E-state index in [1.807, 2.05) is 13.8 Å². The molecule has 0 aliphatic heterocycles. The van der Waals surface area contributed by atoms with Crippen LogP contribution < -0.4 is 4.90 Å². The van der Waals surface area contributed by atoms with Crippen LogP contribution in [0.1, 0.15) is 44.6 Å². The number of halogens is 3. The molecule has 0 radical (unpaired) electrons. The Balaban J connectivity index is 1.63. The van der Waals surface area contributed by atoms with Gasteiger partial charge in [0.2, 0.25) is 5.95 Å². The Hall–Kier alpha value is -4.03. The van der Waals surface area contributed by atoms with E-state index in [4.69, 9.17) is 9.15 Å². The first-order valence-electron chi connectivity index (χ1n) is 11.2. The van der Waals surface area contributed by atoms with Gasteiger partial charge in [0.15, 0.2) is 6.61 Å². The van der Waals surface area contributed by atoms with Crippen molar-refractivity contribution in [3.63, 3.8) is 0 Å². The summed E-state index contributed by atoms with van der Waals surface area (Å²) in [5.74, 6) is -1.91. The van der Waals surface area contributed by atoms with Crippen LogP contribution in [0.4, 0.5) is 23.9 Å². The summed E-state index contributed by atoms with van der Waals surface area (Å²) < 4.78 is 49.3. The molecular weight excluding hydrogens is 481 g/mol. The van der Waals surface area contributed by atoms with Crippen molar-refractivity contribution in [3.8, 4) is 11.5 Å². The Kier molecular flexibility index (Phi) is 7.17. The van der Waals surface area contributed by atoms with E-state index in [1.54, 1.807) is 12.1 Å². The second-order valence-electron chi connectivity index (χ2n) is 8.01. The Morgan fingerprint density at radius 3 is 2.25 bits per heavy atom. The third-order valence-corrected chi connectivity index (χ3v) is 5.86. The molecule has 0 spiro atoms. The molecule has 1 aliphatic rings. The SMILES string of the molecule is CCN(CC)C(=O)COC(=O)N(c1ncc(-c2nnc(C(F)F)o2)cn1)C1(c2ccc(F)cc2)CC1. The summed E-state index contributed by atoms with van der Waals surface area (Å²) in [6.45, 7) is 4.07. The second kappa shape index (κ2) is 10.3. The molecule has 0 atom stereocenters. The van der Waals surface area contributed by atoms with E-state index in [-0.39, 0.29) is 23.3 Å². The molecule has 0 saturated heterocycles. The Morgan fingerprint density at radius 1 is 1.08 bits per heavy atom. The van der Waals surface area contributed by atoms with Gasteiger partial charge >= 0.3 is 12.5 Å². The van der Waals surface area contributed by atoms with E-state index in [0.29, 0.717) is 31.5 Å². The highest BCUT2D eigenvalue weighted by Gasteiger charge is 2.54. The second-order valence-corrected chi connectivity index (χ2v) is 8.01. The smallest absolute Gasteiger partial charge is 0.418 e. The van der Waals surface area contributed by atoms with Crippen molar-refractivity contribution >= 4 is 17.9 Å². The number of likely N-dealkylation sites (N-methyl/N-ethyl adjacent to an activating group) is 1. The van der Waals surface area contributed by atoms with Crippen molar-refractivity contribution in [2.75, 3.05) is 24.6 Å². The fourth-order valence-corrected chi connectivity index (χ4v) is 3.81. The maximum absolute atomic E-state index is 13.5. The van der Waals surface area contributed by atoms with Gasteiger partial charge in [-0.1, -0.05) is 12.1 Å². The molecule has 190 valence electrons. The highest BCUT2D eigenvalue weighted by atomic mass is 19.3. The molecule has 10 nitrogen and oxygen atoms in total. The maximum atomic E-state index is 13.5. The van der Waals surface area contributed by atoms with E-state index in [9.17, 15) is 22.8 Å². The lowest BCUT2D eigenvalue weighted by Gasteiger charge is -2.30. The summed E-state index contributed by atoms with van der Waals surface area (Å²) >= 11 is 0. The van der Waals surface area contributed by atoms with Crippen molar-refractivity contribution in [2.45, 2.75) is 38.7 Å². The Bertz CT molecular complexity index is 1210. The first-order valence-corrected chi connectivity index (χ1v) is 11.2. The predicted molar refractivity (Wildman–Crippen MR) is 119 cm³/mol. The van der Waals surface area contributed by atoms with Crippen molar-refractivity contribution in [3.05, 3.63) is 53.9 Å². The van der Waals surface area contributed by atoms with Crippen LogP contribution in [0, 0.1) is 5.82 Å². The molecule has 1 aliphatic carbocycles. The molecule has 1 aromatic carbocycles. The van der Waals surface area contributed by atoms with Crippen LogP contribution in [0.2, 0.25) is 0 Å². The van der Waals surface area contributed by atoms with Crippen LogP contribution in [-0.2, 0) is 15.1 Å². The number of rotatable bonds is 9. The number of hydrogen-bond acceptors (Lipinski definition) is 8. The number of carbonyl (C=O) groups excluding carboxylic acids is 2. The fourth-order valence-electron chi connectivity index (χ4n) is 3.81. The molecular formula is C23H23F3N6O4. The van der Waals surface area contributed by atoms with Gasteiger partial charge in [0.05, 0.1) is 11.1 Å². The molecule has 0 bridgehead atoms. The van der Waals surface area contributed by atoms with Crippen LogP contribution in [0.5, 0.6) is 0 Å². The third kappa shape index (κ3) is 4.99. The molecule has 13 heteroatoms. The van der Waals surface area contributed by atoms with Crippen LogP contribution in [0.25, 0.3) is 11.5 Å². The van der Waals surface area contributed by atoms with Gasteiger partial charge in [-0.25, -0.2) is 24.1 Å². The number of nitrogens with zero attached hydrogens (tertiary/aromatic N) is 6. The van der Waals surface area contributed by atoms with Crippen LogP contribution >= 0.6 is 0 Å². The largest absolute Gasteiger partial charge is 0.439 e. The molecule has 1 saturated carbocycles. The van der Waals surface area contributed by atoms with Gasteiger partial charge in [-0.2, -0.15) is 8.78 Å². The third-order valence-electron chi connectivity index (χ3n) is 5.86. The minimum absolute atomic E-state index is 0.0607. The quantitative estimate of drug-likeness (QED) is 0.428. The van der Waals surface area contributed by atoms with Crippen molar-refractivity contribution in [1.29, 1.82) is 0 Å². The van der Waals surface area contributed by atoms with E-state index in [2.05, 4.69) is 20.2 Å². The molecule has 2 amide bonds. The van der Waals surface area contributed by atoms with Gasteiger partial charge in [0, 0.05) is 25.5 Å². The number of ether oxygens (including phenoxy) is 1. The zero-order valence-corrected chi connectivity index (χ0v) is 19.5. The summed E-state index contributed by atoms with van der Waals surface area (Å²) in [6, 6.07) is 5.68. The van der Waals surface area contributed by atoms with Crippen molar-refractivity contribution in [2.24, 2.45) is 0 Å². The average molecular weight is 504 g/mol. The average Bonchev–Trinajstić information content (AvgIpc) is 3.50. The lowest BCUT2D eigenvalue weighted by Crippen LogP contribution is -2.44. The van der Waals surface area contributed by atoms with Gasteiger partial charge in [-0.15, -0.1) is 10.2 Å². The Labute approximate surface area is 204 Å². The molecule has 4 rings (SSSR count). The number of amides is 2. The van der Waals surface area contributed by atoms with E-state index in [0.717, 1.165) is 0 Å². The lowest BCUT2D eigenvalue weighted by atomic mass is 10.0. The lowest BCUT2D eigenvalue weighted by molar-refractivity contribution is -0.133. The van der Waals surface area contributed by atoms with E-state index in [1.165, 1.54) is 34.3 Å². The highest BCUT2D eigenvalue weighted by molar-refractivity contribution is 5.90. The van der Waals surface area contributed by atoms with Crippen molar-refractivity contribution < 1.29 is 31.9 Å². The molecule has 1 fully saturated rings. The Morgan fingerprint density at radius 2 is 1.72 bits per heavy atom. The van der Waals surface area contributed by atoms with Gasteiger partial charge < -0.3 is 14.1 Å². The standard InChI is InChI=1S/C23H23F3N6O4/c1-3-31(4-2)17(33)13-35-22(34)32(23(9-10-23)15-5-7-16(24)8-6-15)21-27-11-14(12-28-21)19-29-30-20(36-19)18(25)26/h5-8,11-12,18H,3-4,9-10,13H2,1-2H3. The molecule has 2 heterocycles. The molecule has 2 aromatic heterocycles. The number of anilines is 1. The number of aromatic nitrogens is 4. The zero-order chi connectivity index (χ0) is 25.9. The highest BCUT2D eigenvalue weighted by Crippen LogP contribution is 2.52. The topological polar surface area (TPSA) is 115 Å². The number of benzene rings is 1. The minimum Gasteiger partial charge on any atom is -0.439 e. The van der Waals surface area contributed by atoms with E-state index >= 15 is 0 Å². The summed E-state index contributed by atoms with van der Waals surface area (Å²) in [5, 5.41) is 6.83. The number of hydrogen-bond donors (Lipinski definition) is 0. The normalized spacial score (nSPS) is 13.9. The van der Waals surface area contributed by atoms with Crippen LogP contribution in [0.3, 0.4) is 0 Å². The zero-order valence-electron chi connectivity index (χ0n) is 19.5. The monoisotopic (exact) mass is 504 g/mol. The summed E-state index contributed by atoms with van der Waals surface area (Å²) in [6.07, 6.45) is -0.265. The summed E-state index contributed by atoms with van der Waals surface area (Å²) in [5.41, 5.74) is -0.102. The van der Waals surface area contributed by atoms with Gasteiger partial charge in [0.25, 0.3) is 17.7 Å². The minimum atomic E-state index is -2.93. The van der Waals surface area contributed by atoms with Gasteiger partial charge in [-0.3, -0.25) is 4.79 Å². The van der Waals surface area contributed by atoms with Gasteiger partial charge in [0.1, 0.15) is 5.82 Å². The molecule has 0 N–H and O–H groups in total. The molecule has 3 aromatic rings.